The minimum Gasteiger partial charge on any atom is -0.394 e. The summed E-state index contributed by atoms with van der Waals surface area (Å²) in [5, 5.41) is 16.8. The molecule has 0 aliphatic carbocycles. The van der Waals surface area contributed by atoms with Gasteiger partial charge in [0.2, 0.25) is 11.8 Å². The van der Waals surface area contributed by atoms with Gasteiger partial charge < -0.3 is 26.0 Å². The zero-order valence-electron chi connectivity index (χ0n) is 11.9. The first-order valence-corrected chi connectivity index (χ1v) is 7.36. The predicted octanol–water partition coefficient (Wildman–Crippen LogP) is -1.45. The summed E-state index contributed by atoms with van der Waals surface area (Å²) in [4.78, 5) is 37.0. The van der Waals surface area contributed by atoms with Crippen LogP contribution in [0.4, 0.5) is 4.79 Å². The molecule has 4 amide bonds. The topological polar surface area (TPSA) is 111 Å². The smallest absolute Gasteiger partial charge is 0.315 e. The van der Waals surface area contributed by atoms with Gasteiger partial charge in [0.1, 0.15) is 12.1 Å². The quantitative estimate of drug-likeness (QED) is 0.509. The Kier molecular flexibility index (Phi) is 5.38. The summed E-state index contributed by atoms with van der Waals surface area (Å²) in [6.07, 6.45) is 4.08. The molecule has 0 radical (unpaired) electrons. The van der Waals surface area contributed by atoms with Gasteiger partial charge in [-0.15, -0.1) is 0 Å². The molecule has 2 aliphatic rings. The van der Waals surface area contributed by atoms with Crippen molar-refractivity contribution in [1.82, 2.24) is 20.9 Å². The van der Waals surface area contributed by atoms with Crippen molar-refractivity contribution in [3.8, 4) is 0 Å². The molecule has 0 bridgehead atoms. The highest BCUT2D eigenvalue weighted by Gasteiger charge is 2.31. The Bertz CT molecular complexity index is 407. The molecular weight excluding hydrogens is 276 g/mol. The van der Waals surface area contributed by atoms with Crippen LogP contribution in [0.15, 0.2) is 0 Å². The van der Waals surface area contributed by atoms with Gasteiger partial charge in [0.25, 0.3) is 0 Å². The van der Waals surface area contributed by atoms with E-state index in [4.69, 9.17) is 0 Å². The molecule has 2 unspecified atom stereocenters. The Balaban J connectivity index is 1.90. The van der Waals surface area contributed by atoms with E-state index in [0.29, 0.717) is 13.1 Å². The number of urea groups is 1. The van der Waals surface area contributed by atoms with Gasteiger partial charge in [-0.1, -0.05) is 12.8 Å². The summed E-state index contributed by atoms with van der Waals surface area (Å²) in [6.45, 7) is 1.05. The number of aliphatic hydroxyl groups excluding tert-OH is 1. The highest BCUT2D eigenvalue weighted by molar-refractivity contribution is 5.93. The van der Waals surface area contributed by atoms with Crippen molar-refractivity contribution >= 4 is 17.8 Å². The third kappa shape index (κ3) is 4.07. The molecule has 0 spiro atoms. The van der Waals surface area contributed by atoms with Crippen molar-refractivity contribution in [2.24, 2.45) is 0 Å². The lowest BCUT2D eigenvalue weighted by molar-refractivity contribution is -0.137. The molecule has 0 saturated carbocycles. The molecule has 2 atom stereocenters. The second kappa shape index (κ2) is 7.26. The van der Waals surface area contributed by atoms with Crippen LogP contribution < -0.4 is 16.0 Å². The fourth-order valence-electron chi connectivity index (χ4n) is 2.58. The van der Waals surface area contributed by atoms with Crippen LogP contribution in [0, 0.1) is 0 Å². The van der Waals surface area contributed by atoms with Gasteiger partial charge in [-0.05, 0) is 12.8 Å². The van der Waals surface area contributed by atoms with Crippen molar-refractivity contribution in [1.29, 1.82) is 0 Å². The van der Waals surface area contributed by atoms with Gasteiger partial charge in [-0.3, -0.25) is 9.59 Å². The first-order chi connectivity index (χ1) is 10.1. The van der Waals surface area contributed by atoms with Gasteiger partial charge in [-0.25, -0.2) is 4.79 Å². The number of likely N-dealkylation sites (tertiary alicyclic amines) is 1. The lowest BCUT2D eigenvalue weighted by atomic mass is 10.2. The van der Waals surface area contributed by atoms with E-state index < -0.39 is 30.6 Å². The summed E-state index contributed by atoms with van der Waals surface area (Å²) in [5.74, 6) is -0.722. The molecule has 2 rings (SSSR count). The number of hydrogen-bond acceptors (Lipinski definition) is 4. The summed E-state index contributed by atoms with van der Waals surface area (Å²) >= 11 is 0. The molecule has 2 heterocycles. The van der Waals surface area contributed by atoms with Gasteiger partial charge in [-0.2, -0.15) is 0 Å². The molecule has 21 heavy (non-hydrogen) atoms. The molecule has 2 saturated heterocycles. The van der Waals surface area contributed by atoms with Gasteiger partial charge >= 0.3 is 6.03 Å². The summed E-state index contributed by atoms with van der Waals surface area (Å²) in [5.41, 5.74) is 0. The number of nitrogens with zero attached hydrogens (tertiary/aromatic N) is 1. The van der Waals surface area contributed by atoms with Crippen LogP contribution in [-0.2, 0) is 9.59 Å². The highest BCUT2D eigenvalue weighted by Crippen LogP contribution is 2.11. The van der Waals surface area contributed by atoms with Gasteiger partial charge in [0, 0.05) is 19.6 Å². The summed E-state index contributed by atoms with van der Waals surface area (Å²) in [6, 6.07) is -2.06. The highest BCUT2D eigenvalue weighted by atomic mass is 16.3. The third-order valence-corrected chi connectivity index (χ3v) is 3.80. The van der Waals surface area contributed by atoms with Crippen molar-refractivity contribution in [3.63, 3.8) is 0 Å². The minimum absolute atomic E-state index is 0.181. The first kappa shape index (κ1) is 15.6. The molecule has 2 aliphatic heterocycles. The Morgan fingerprint density at radius 2 is 1.95 bits per heavy atom. The van der Waals surface area contributed by atoms with Crippen LogP contribution in [0.25, 0.3) is 0 Å². The maximum atomic E-state index is 12.3. The third-order valence-electron chi connectivity index (χ3n) is 3.80. The number of aliphatic hydroxyl groups is 1. The van der Waals surface area contributed by atoms with E-state index in [0.717, 1.165) is 25.7 Å². The van der Waals surface area contributed by atoms with Crippen LogP contribution in [0.2, 0.25) is 0 Å². The monoisotopic (exact) mass is 298 g/mol. The molecule has 0 aromatic carbocycles. The van der Waals surface area contributed by atoms with E-state index >= 15 is 0 Å². The van der Waals surface area contributed by atoms with E-state index in [1.165, 1.54) is 0 Å². The van der Waals surface area contributed by atoms with E-state index in [2.05, 4.69) is 16.0 Å². The Morgan fingerprint density at radius 3 is 2.48 bits per heavy atom. The second-order valence-electron chi connectivity index (χ2n) is 5.39. The van der Waals surface area contributed by atoms with Crippen LogP contribution in [0.5, 0.6) is 0 Å². The fourth-order valence-corrected chi connectivity index (χ4v) is 2.58. The summed E-state index contributed by atoms with van der Waals surface area (Å²) in [7, 11) is 0. The molecule has 8 heteroatoms. The van der Waals surface area contributed by atoms with Crippen molar-refractivity contribution in [3.05, 3.63) is 0 Å². The predicted molar refractivity (Wildman–Crippen MR) is 74.4 cm³/mol. The Labute approximate surface area is 123 Å². The number of carbonyl (C=O) groups excluding carboxylic acids is 3. The largest absolute Gasteiger partial charge is 0.394 e. The SMILES string of the molecule is O=C1NCC(C(=O)NC(CO)C(=O)N2CCCCCC2)N1. The second-order valence-corrected chi connectivity index (χ2v) is 5.39. The zero-order valence-corrected chi connectivity index (χ0v) is 11.9. The molecule has 2 fully saturated rings. The normalized spacial score (nSPS) is 23.8. The number of hydrogen-bond donors (Lipinski definition) is 4. The zero-order chi connectivity index (χ0) is 15.2. The maximum absolute atomic E-state index is 12.3. The average molecular weight is 298 g/mol. The number of carbonyl (C=O) groups is 3. The van der Waals surface area contributed by atoms with Crippen LogP contribution in [-0.4, -0.2) is 66.2 Å². The van der Waals surface area contributed by atoms with Gasteiger partial charge in [0.15, 0.2) is 0 Å². The van der Waals surface area contributed by atoms with Gasteiger partial charge in [0.05, 0.1) is 6.61 Å². The van der Waals surface area contributed by atoms with E-state index in [1.807, 2.05) is 0 Å². The Morgan fingerprint density at radius 1 is 1.29 bits per heavy atom. The molecule has 8 nitrogen and oxygen atoms in total. The van der Waals surface area contributed by atoms with Crippen LogP contribution >= 0.6 is 0 Å². The lowest BCUT2D eigenvalue weighted by Crippen LogP contribution is -2.54. The van der Waals surface area contributed by atoms with E-state index in [-0.39, 0.29) is 12.5 Å². The van der Waals surface area contributed by atoms with E-state index in [9.17, 15) is 19.5 Å². The lowest BCUT2D eigenvalue weighted by Gasteiger charge is -2.26. The molecule has 118 valence electrons. The molecule has 4 N–H and O–H groups in total. The number of nitrogens with one attached hydrogen (secondary N) is 3. The first-order valence-electron chi connectivity index (χ1n) is 7.36. The van der Waals surface area contributed by atoms with Crippen molar-refractivity contribution < 1.29 is 19.5 Å². The van der Waals surface area contributed by atoms with Crippen LogP contribution in [0.3, 0.4) is 0 Å². The van der Waals surface area contributed by atoms with Crippen LogP contribution in [0.1, 0.15) is 25.7 Å². The van der Waals surface area contributed by atoms with Crippen molar-refractivity contribution in [2.75, 3.05) is 26.2 Å². The average Bonchev–Trinajstić information content (AvgIpc) is 2.76. The Hall–Kier alpha value is -1.83. The molecular formula is C13H22N4O4. The number of rotatable bonds is 4. The fraction of sp³-hybridized carbons (Fsp3) is 0.769. The van der Waals surface area contributed by atoms with Crippen molar-refractivity contribution in [2.45, 2.75) is 37.8 Å². The van der Waals surface area contributed by atoms with E-state index in [1.54, 1.807) is 4.90 Å². The summed E-state index contributed by atoms with van der Waals surface area (Å²) < 4.78 is 0. The maximum Gasteiger partial charge on any atom is 0.315 e. The minimum atomic E-state index is -0.951. The molecule has 0 aromatic heterocycles. The number of amides is 4. The molecule has 0 aromatic rings. The standard InChI is InChI=1S/C13H22N4O4/c18-8-10(12(20)17-5-3-1-2-4-6-17)15-11(19)9-7-14-13(21)16-9/h9-10,18H,1-8H2,(H,15,19)(H2,14,16,21).